The van der Waals surface area contributed by atoms with E-state index >= 15 is 0 Å². The molecule has 1 aromatic rings. The largest absolute Gasteiger partial charge is 0.366 e. The van der Waals surface area contributed by atoms with Crippen molar-refractivity contribution < 1.29 is 14.0 Å². The molecule has 0 saturated heterocycles. The van der Waals surface area contributed by atoms with Crippen molar-refractivity contribution >= 4 is 29.9 Å². The topological polar surface area (TPSA) is 98.2 Å². The SMILES string of the molecule is Cl.NC(=O)c1ccc(F)c(NC(=O)C2CCCC2N)c1. The van der Waals surface area contributed by atoms with Crippen LogP contribution in [-0.4, -0.2) is 17.9 Å². The molecule has 2 unspecified atom stereocenters. The van der Waals surface area contributed by atoms with Crippen LogP contribution < -0.4 is 16.8 Å². The Labute approximate surface area is 122 Å². The number of carbonyl (C=O) groups is 2. The molecule has 2 atom stereocenters. The molecule has 5 N–H and O–H groups in total. The average Bonchev–Trinajstić information content (AvgIpc) is 2.78. The van der Waals surface area contributed by atoms with Crippen molar-refractivity contribution in [1.29, 1.82) is 0 Å². The summed E-state index contributed by atoms with van der Waals surface area (Å²) in [5, 5.41) is 2.48. The molecule has 5 nitrogen and oxygen atoms in total. The van der Waals surface area contributed by atoms with E-state index in [9.17, 15) is 14.0 Å². The van der Waals surface area contributed by atoms with E-state index in [0.717, 1.165) is 18.9 Å². The standard InChI is InChI=1S/C13H16FN3O2.ClH/c14-9-5-4-7(12(16)18)6-11(9)17-13(19)8-2-1-3-10(8)15;/h4-6,8,10H,1-3,15H2,(H2,16,18)(H,17,19);1H. The van der Waals surface area contributed by atoms with Crippen molar-refractivity contribution in [2.45, 2.75) is 25.3 Å². The summed E-state index contributed by atoms with van der Waals surface area (Å²) < 4.78 is 13.6. The highest BCUT2D eigenvalue weighted by molar-refractivity contribution is 5.97. The summed E-state index contributed by atoms with van der Waals surface area (Å²) in [6.07, 6.45) is 2.38. The summed E-state index contributed by atoms with van der Waals surface area (Å²) in [7, 11) is 0. The van der Waals surface area contributed by atoms with Crippen LogP contribution in [0.4, 0.5) is 10.1 Å². The molecule has 7 heteroatoms. The molecule has 20 heavy (non-hydrogen) atoms. The normalized spacial score (nSPS) is 21.1. The maximum atomic E-state index is 13.6. The van der Waals surface area contributed by atoms with E-state index in [0.29, 0.717) is 6.42 Å². The number of nitrogens with two attached hydrogens (primary N) is 2. The molecule has 0 heterocycles. The van der Waals surface area contributed by atoms with Gasteiger partial charge in [0.25, 0.3) is 0 Å². The lowest BCUT2D eigenvalue weighted by molar-refractivity contribution is -0.120. The minimum atomic E-state index is -0.673. The molecule has 0 aliphatic heterocycles. The second kappa shape index (κ2) is 6.67. The Morgan fingerprint density at radius 2 is 2.00 bits per heavy atom. The first-order valence-corrected chi connectivity index (χ1v) is 6.15. The predicted octanol–water partition coefficient (Wildman–Crippen LogP) is 1.41. The Hall–Kier alpha value is -1.66. The Balaban J connectivity index is 0.00000200. The number of benzene rings is 1. The third-order valence-electron chi connectivity index (χ3n) is 3.41. The maximum absolute atomic E-state index is 13.6. The van der Waals surface area contributed by atoms with E-state index in [-0.39, 0.29) is 41.5 Å². The second-order valence-corrected chi connectivity index (χ2v) is 4.75. The number of amides is 2. The Bertz CT molecular complexity index is 524. The van der Waals surface area contributed by atoms with E-state index < -0.39 is 11.7 Å². The minimum Gasteiger partial charge on any atom is -0.366 e. The molecule has 2 amide bonds. The molecule has 1 saturated carbocycles. The lowest BCUT2D eigenvalue weighted by Crippen LogP contribution is -2.34. The summed E-state index contributed by atoms with van der Waals surface area (Å²) in [6, 6.07) is 3.41. The second-order valence-electron chi connectivity index (χ2n) is 4.75. The lowest BCUT2D eigenvalue weighted by Gasteiger charge is -2.15. The molecule has 110 valence electrons. The number of primary amides is 1. The molecule has 1 aromatic carbocycles. The Morgan fingerprint density at radius 3 is 2.55 bits per heavy atom. The quantitative estimate of drug-likeness (QED) is 0.787. The number of hydrogen-bond acceptors (Lipinski definition) is 3. The summed E-state index contributed by atoms with van der Waals surface area (Å²) >= 11 is 0. The third kappa shape index (κ3) is 3.46. The van der Waals surface area contributed by atoms with Crippen LogP contribution in [0.3, 0.4) is 0 Å². The van der Waals surface area contributed by atoms with E-state index in [4.69, 9.17) is 11.5 Å². The summed E-state index contributed by atoms with van der Waals surface area (Å²) in [5.41, 5.74) is 11.0. The zero-order valence-corrected chi connectivity index (χ0v) is 11.6. The van der Waals surface area contributed by atoms with Crippen LogP contribution in [0.25, 0.3) is 0 Å². The van der Waals surface area contributed by atoms with Gasteiger partial charge in [-0.1, -0.05) is 6.42 Å². The highest BCUT2D eigenvalue weighted by atomic mass is 35.5. The van der Waals surface area contributed by atoms with Crippen LogP contribution in [0.5, 0.6) is 0 Å². The van der Waals surface area contributed by atoms with Crippen molar-refractivity contribution in [2.24, 2.45) is 17.4 Å². The summed E-state index contributed by atoms with van der Waals surface area (Å²) in [6.45, 7) is 0. The van der Waals surface area contributed by atoms with Crippen molar-refractivity contribution in [2.75, 3.05) is 5.32 Å². The van der Waals surface area contributed by atoms with E-state index in [1.54, 1.807) is 0 Å². The first-order valence-electron chi connectivity index (χ1n) is 6.15. The van der Waals surface area contributed by atoms with Gasteiger partial charge in [0, 0.05) is 11.6 Å². The number of rotatable bonds is 3. The smallest absolute Gasteiger partial charge is 0.248 e. The molecule has 1 aliphatic carbocycles. The number of anilines is 1. The van der Waals surface area contributed by atoms with E-state index in [1.807, 2.05) is 0 Å². The fraction of sp³-hybridized carbons (Fsp3) is 0.385. The van der Waals surface area contributed by atoms with Gasteiger partial charge in [0.05, 0.1) is 11.6 Å². The molecular weight excluding hydrogens is 285 g/mol. The lowest BCUT2D eigenvalue weighted by atomic mass is 10.0. The van der Waals surface area contributed by atoms with Gasteiger partial charge in [0.15, 0.2) is 0 Å². The Morgan fingerprint density at radius 1 is 1.30 bits per heavy atom. The first kappa shape index (κ1) is 16.4. The molecule has 0 spiro atoms. The van der Waals surface area contributed by atoms with Gasteiger partial charge in [-0.2, -0.15) is 0 Å². The molecule has 1 aliphatic rings. The number of carbonyl (C=O) groups excluding carboxylic acids is 2. The van der Waals surface area contributed by atoms with Gasteiger partial charge in [0.1, 0.15) is 5.82 Å². The Kier molecular flexibility index (Phi) is 5.47. The van der Waals surface area contributed by atoms with Gasteiger partial charge in [-0.25, -0.2) is 4.39 Å². The van der Waals surface area contributed by atoms with Crippen molar-refractivity contribution in [3.05, 3.63) is 29.6 Å². The van der Waals surface area contributed by atoms with Crippen LogP contribution >= 0.6 is 12.4 Å². The zero-order chi connectivity index (χ0) is 14.0. The van der Waals surface area contributed by atoms with Crippen LogP contribution in [0, 0.1) is 11.7 Å². The molecular formula is C13H17ClFN3O2. The van der Waals surface area contributed by atoms with Gasteiger partial charge in [-0.05, 0) is 31.0 Å². The monoisotopic (exact) mass is 301 g/mol. The number of halogens is 2. The highest BCUT2D eigenvalue weighted by Gasteiger charge is 2.30. The molecule has 0 aromatic heterocycles. The average molecular weight is 302 g/mol. The minimum absolute atomic E-state index is 0. The van der Waals surface area contributed by atoms with Crippen LogP contribution in [0.15, 0.2) is 18.2 Å². The zero-order valence-electron chi connectivity index (χ0n) is 10.8. The summed E-state index contributed by atoms with van der Waals surface area (Å²) in [4.78, 5) is 23.0. The molecule has 2 rings (SSSR count). The van der Waals surface area contributed by atoms with Gasteiger partial charge < -0.3 is 16.8 Å². The molecule has 0 radical (unpaired) electrons. The van der Waals surface area contributed by atoms with Gasteiger partial charge in [-0.3, -0.25) is 9.59 Å². The van der Waals surface area contributed by atoms with Crippen LogP contribution in [0.2, 0.25) is 0 Å². The number of nitrogens with one attached hydrogen (secondary N) is 1. The van der Waals surface area contributed by atoms with Crippen LogP contribution in [-0.2, 0) is 4.79 Å². The van der Waals surface area contributed by atoms with E-state index in [2.05, 4.69) is 5.32 Å². The van der Waals surface area contributed by atoms with Crippen molar-refractivity contribution in [3.63, 3.8) is 0 Å². The van der Waals surface area contributed by atoms with Crippen molar-refractivity contribution in [1.82, 2.24) is 0 Å². The summed E-state index contributed by atoms with van der Waals surface area (Å²) in [5.74, 6) is -1.90. The highest BCUT2D eigenvalue weighted by Crippen LogP contribution is 2.26. The molecule has 0 bridgehead atoms. The fourth-order valence-corrected chi connectivity index (χ4v) is 2.31. The predicted molar refractivity (Wildman–Crippen MR) is 76.1 cm³/mol. The maximum Gasteiger partial charge on any atom is 0.248 e. The number of hydrogen-bond donors (Lipinski definition) is 3. The van der Waals surface area contributed by atoms with Gasteiger partial charge in [0.2, 0.25) is 11.8 Å². The molecule has 1 fully saturated rings. The van der Waals surface area contributed by atoms with Crippen molar-refractivity contribution in [3.8, 4) is 0 Å². The van der Waals surface area contributed by atoms with Gasteiger partial charge >= 0.3 is 0 Å². The third-order valence-corrected chi connectivity index (χ3v) is 3.41. The fourth-order valence-electron chi connectivity index (χ4n) is 2.31. The van der Waals surface area contributed by atoms with E-state index in [1.165, 1.54) is 12.1 Å². The van der Waals surface area contributed by atoms with Gasteiger partial charge in [-0.15, -0.1) is 12.4 Å². The van der Waals surface area contributed by atoms with Crippen LogP contribution in [0.1, 0.15) is 29.6 Å². The first-order chi connectivity index (χ1) is 8.99.